The first kappa shape index (κ1) is 8.66. The summed E-state index contributed by atoms with van der Waals surface area (Å²) >= 11 is 0. The molecule has 0 aromatic carbocycles. The maximum atomic E-state index is 5.65. The molecule has 1 aromatic rings. The van der Waals surface area contributed by atoms with E-state index in [9.17, 15) is 0 Å². The van der Waals surface area contributed by atoms with Crippen molar-refractivity contribution in [3.8, 4) is 0 Å². The lowest BCUT2D eigenvalue weighted by molar-refractivity contribution is -0.0189. The van der Waals surface area contributed by atoms with E-state index in [1.807, 2.05) is 18.3 Å². The zero-order chi connectivity index (χ0) is 9.10. The Balaban J connectivity index is 1.74. The van der Waals surface area contributed by atoms with Crippen molar-refractivity contribution in [2.75, 3.05) is 0 Å². The molecule has 3 nitrogen and oxygen atoms in total. The Morgan fingerprint density at radius 2 is 2.38 bits per heavy atom. The highest BCUT2D eigenvalue weighted by molar-refractivity contribution is 5.06. The zero-order valence-electron chi connectivity index (χ0n) is 7.52. The highest BCUT2D eigenvalue weighted by Gasteiger charge is 2.26. The quantitative estimate of drug-likeness (QED) is 0.753. The first-order valence-electron chi connectivity index (χ1n) is 4.60. The summed E-state index contributed by atoms with van der Waals surface area (Å²) in [5.41, 5.74) is 6.77. The molecular weight excluding hydrogens is 164 g/mol. The van der Waals surface area contributed by atoms with E-state index >= 15 is 0 Å². The molecule has 3 heteroatoms. The van der Waals surface area contributed by atoms with Crippen molar-refractivity contribution in [1.29, 1.82) is 0 Å². The Labute approximate surface area is 77.9 Å². The monoisotopic (exact) mass is 178 g/mol. The molecule has 0 unspecified atom stereocenters. The molecule has 2 N–H and O–H groups in total. The van der Waals surface area contributed by atoms with Gasteiger partial charge in [-0.1, -0.05) is 6.07 Å². The summed E-state index contributed by atoms with van der Waals surface area (Å²) in [6.07, 6.45) is 5.97. The summed E-state index contributed by atoms with van der Waals surface area (Å²) in [4.78, 5) is 4.02. The predicted molar refractivity (Wildman–Crippen MR) is 50.0 cm³/mol. The van der Waals surface area contributed by atoms with Crippen LogP contribution in [-0.4, -0.2) is 17.1 Å². The van der Waals surface area contributed by atoms with E-state index in [1.54, 1.807) is 6.20 Å². The van der Waals surface area contributed by atoms with Crippen molar-refractivity contribution >= 4 is 0 Å². The molecule has 1 saturated carbocycles. The van der Waals surface area contributed by atoms with E-state index in [0.29, 0.717) is 18.8 Å². The highest BCUT2D eigenvalue weighted by Crippen LogP contribution is 2.22. The maximum absolute atomic E-state index is 5.65. The number of hydrogen-bond acceptors (Lipinski definition) is 3. The minimum Gasteiger partial charge on any atom is -0.373 e. The Kier molecular flexibility index (Phi) is 2.57. The summed E-state index contributed by atoms with van der Waals surface area (Å²) in [7, 11) is 0. The number of hydrogen-bond donors (Lipinski definition) is 1. The molecule has 0 spiro atoms. The standard InChI is InChI=1S/C10H14N2O/c11-9-4-10(5-9)13-7-8-2-1-3-12-6-8/h1-3,6,9-10H,4-5,7,11H2. The van der Waals surface area contributed by atoms with E-state index in [4.69, 9.17) is 10.5 Å². The van der Waals surface area contributed by atoms with Gasteiger partial charge in [0.05, 0.1) is 12.7 Å². The Morgan fingerprint density at radius 1 is 1.54 bits per heavy atom. The average molecular weight is 178 g/mol. The van der Waals surface area contributed by atoms with Crippen molar-refractivity contribution in [1.82, 2.24) is 4.98 Å². The van der Waals surface area contributed by atoms with Crippen LogP contribution in [-0.2, 0) is 11.3 Å². The summed E-state index contributed by atoms with van der Waals surface area (Å²) in [5, 5.41) is 0. The number of aromatic nitrogens is 1. The van der Waals surface area contributed by atoms with Gasteiger partial charge >= 0.3 is 0 Å². The third kappa shape index (κ3) is 2.26. The molecule has 0 atom stereocenters. The lowest BCUT2D eigenvalue weighted by Gasteiger charge is -2.32. The van der Waals surface area contributed by atoms with Crippen LogP contribution in [0.5, 0.6) is 0 Å². The highest BCUT2D eigenvalue weighted by atomic mass is 16.5. The first-order chi connectivity index (χ1) is 6.34. The third-order valence-electron chi connectivity index (χ3n) is 2.34. The Morgan fingerprint density at radius 3 is 3.00 bits per heavy atom. The molecule has 1 aliphatic rings. The van der Waals surface area contributed by atoms with Gasteiger partial charge in [-0.2, -0.15) is 0 Å². The van der Waals surface area contributed by atoms with Gasteiger partial charge in [0.25, 0.3) is 0 Å². The van der Waals surface area contributed by atoms with Crippen LogP contribution in [0.4, 0.5) is 0 Å². The lowest BCUT2D eigenvalue weighted by atomic mass is 9.90. The summed E-state index contributed by atoms with van der Waals surface area (Å²) < 4.78 is 5.61. The van der Waals surface area contributed by atoms with Gasteiger partial charge in [-0.25, -0.2) is 0 Å². The molecule has 1 heterocycles. The lowest BCUT2D eigenvalue weighted by Crippen LogP contribution is -2.41. The van der Waals surface area contributed by atoms with Crippen molar-refractivity contribution in [2.45, 2.75) is 31.6 Å². The molecular formula is C10H14N2O. The molecule has 13 heavy (non-hydrogen) atoms. The van der Waals surface area contributed by atoms with Crippen molar-refractivity contribution in [3.63, 3.8) is 0 Å². The second kappa shape index (κ2) is 3.85. The second-order valence-corrected chi connectivity index (χ2v) is 3.53. The maximum Gasteiger partial charge on any atom is 0.0735 e. The zero-order valence-corrected chi connectivity index (χ0v) is 7.52. The van der Waals surface area contributed by atoms with Crippen molar-refractivity contribution < 1.29 is 4.74 Å². The largest absolute Gasteiger partial charge is 0.373 e. The minimum absolute atomic E-state index is 0.360. The van der Waals surface area contributed by atoms with Gasteiger partial charge in [-0.05, 0) is 24.5 Å². The first-order valence-corrected chi connectivity index (χ1v) is 4.60. The summed E-state index contributed by atoms with van der Waals surface area (Å²) in [6.45, 7) is 0.658. The van der Waals surface area contributed by atoms with Gasteiger partial charge in [0.15, 0.2) is 0 Å². The van der Waals surface area contributed by atoms with Crippen molar-refractivity contribution in [2.24, 2.45) is 5.73 Å². The van der Waals surface area contributed by atoms with Crippen LogP contribution in [0.15, 0.2) is 24.5 Å². The smallest absolute Gasteiger partial charge is 0.0735 e. The number of nitrogens with zero attached hydrogens (tertiary/aromatic N) is 1. The minimum atomic E-state index is 0.360. The fraction of sp³-hybridized carbons (Fsp3) is 0.500. The Bertz CT molecular complexity index is 257. The van der Waals surface area contributed by atoms with E-state index in [-0.39, 0.29) is 0 Å². The number of nitrogens with two attached hydrogens (primary N) is 1. The molecule has 0 saturated heterocycles. The SMILES string of the molecule is NC1CC(OCc2cccnc2)C1. The predicted octanol–water partition coefficient (Wildman–Crippen LogP) is 1.09. The van der Waals surface area contributed by atoms with E-state index in [1.165, 1.54) is 0 Å². The van der Waals surface area contributed by atoms with Crippen LogP contribution in [0.2, 0.25) is 0 Å². The van der Waals surface area contributed by atoms with E-state index in [0.717, 1.165) is 18.4 Å². The number of pyridine rings is 1. The van der Waals surface area contributed by atoms with Crippen LogP contribution in [0.25, 0.3) is 0 Å². The van der Waals surface area contributed by atoms with Crippen LogP contribution < -0.4 is 5.73 Å². The normalized spacial score (nSPS) is 26.8. The Hall–Kier alpha value is -0.930. The molecule has 2 rings (SSSR count). The van der Waals surface area contributed by atoms with E-state index in [2.05, 4.69) is 4.98 Å². The number of rotatable bonds is 3. The van der Waals surface area contributed by atoms with Crippen LogP contribution in [0.1, 0.15) is 18.4 Å². The molecule has 1 aliphatic carbocycles. The topological polar surface area (TPSA) is 48.1 Å². The van der Waals surface area contributed by atoms with E-state index < -0.39 is 0 Å². The van der Waals surface area contributed by atoms with Gasteiger partial charge in [0.1, 0.15) is 0 Å². The third-order valence-corrected chi connectivity index (χ3v) is 2.34. The molecule has 0 radical (unpaired) electrons. The molecule has 1 aromatic heterocycles. The second-order valence-electron chi connectivity index (χ2n) is 3.53. The van der Waals surface area contributed by atoms with Gasteiger partial charge in [0, 0.05) is 18.4 Å². The average Bonchev–Trinajstić information content (AvgIpc) is 2.12. The van der Waals surface area contributed by atoms with Gasteiger partial charge in [0.2, 0.25) is 0 Å². The van der Waals surface area contributed by atoms with Crippen LogP contribution in [0, 0.1) is 0 Å². The molecule has 0 aliphatic heterocycles. The van der Waals surface area contributed by atoms with Gasteiger partial charge in [-0.15, -0.1) is 0 Å². The van der Waals surface area contributed by atoms with Crippen molar-refractivity contribution in [3.05, 3.63) is 30.1 Å². The molecule has 0 amide bonds. The van der Waals surface area contributed by atoms with Crippen LogP contribution >= 0.6 is 0 Å². The van der Waals surface area contributed by atoms with Crippen LogP contribution in [0.3, 0.4) is 0 Å². The number of ether oxygens (including phenoxy) is 1. The summed E-state index contributed by atoms with van der Waals surface area (Å²) in [5.74, 6) is 0. The molecule has 1 fully saturated rings. The van der Waals surface area contributed by atoms with Gasteiger partial charge in [-0.3, -0.25) is 4.98 Å². The molecule has 70 valence electrons. The summed E-state index contributed by atoms with van der Waals surface area (Å²) in [6, 6.07) is 4.30. The fourth-order valence-electron chi connectivity index (χ4n) is 1.44. The van der Waals surface area contributed by atoms with Gasteiger partial charge < -0.3 is 10.5 Å². The molecule has 0 bridgehead atoms. The fourth-order valence-corrected chi connectivity index (χ4v) is 1.44.